The number of amides is 2. The first-order valence-electron chi connectivity index (χ1n) is 21.2. The SMILES string of the molecule is CC/C=C(\C)[C@@H](NC(=O)CCCCCCO)[C@@H](C)/C=C/I.CC/C=C(\C)[C@H]1NC(=O)CCCCCC(OC(C)=O)/C=C/[C@@H]1C.PP(P)P(P(P)P)P(P)P.PPP(P)P(P(P)P)P(P)P. The number of rotatable bonds is 21. The van der Waals surface area contributed by atoms with Gasteiger partial charge in [0.1, 0.15) is 6.10 Å². The minimum atomic E-state index is -0.244. The third-order valence-corrected chi connectivity index (χ3v) is 118. The Balaban J connectivity index is -0.000000838. The maximum Gasteiger partial charge on any atom is 0.303 e. The molecule has 65 heavy (non-hydrogen) atoms. The van der Waals surface area contributed by atoms with Crippen molar-refractivity contribution in [2.24, 2.45) is 11.8 Å². The molecule has 3 N–H and O–H groups in total. The van der Waals surface area contributed by atoms with E-state index in [0.717, 1.165) is 72.2 Å². The molecule has 1 aliphatic rings. The Morgan fingerprint density at radius 1 is 0.862 bits per heavy atom. The number of unbranched alkanes of at least 4 members (excludes halogenated alkanes) is 3. The highest BCUT2D eigenvalue weighted by molar-refractivity contribution is 14.1. The van der Waals surface area contributed by atoms with Gasteiger partial charge in [-0.25, -0.2) is 0 Å². The van der Waals surface area contributed by atoms with E-state index in [4.69, 9.17) is 9.84 Å². The van der Waals surface area contributed by atoms with Crippen LogP contribution in [-0.2, 0) is 19.1 Å². The second kappa shape index (κ2) is 49.4. The summed E-state index contributed by atoms with van der Waals surface area (Å²) in [7, 11) is 36.6. The van der Waals surface area contributed by atoms with Gasteiger partial charge in [-0.3, -0.25) is 14.4 Å². The summed E-state index contributed by atoms with van der Waals surface area (Å²) in [5, 5.41) is 15.0. The fourth-order valence-corrected chi connectivity index (χ4v) is 189. The summed E-state index contributed by atoms with van der Waals surface area (Å²) >= 11 is 2.22. The Labute approximate surface area is 449 Å². The van der Waals surface area contributed by atoms with Crippen molar-refractivity contribution in [3.8, 4) is 0 Å². The summed E-state index contributed by atoms with van der Waals surface area (Å²) in [6.45, 7) is 15.7. The molecule has 1 aliphatic heterocycles. The van der Waals surface area contributed by atoms with Crippen molar-refractivity contribution in [1.29, 1.82) is 0 Å². The minimum absolute atomic E-state index is 0.00361. The molecule has 2 amide bonds. The molecule has 382 valence electrons. The van der Waals surface area contributed by atoms with Crippen LogP contribution in [-0.4, -0.2) is 47.7 Å². The van der Waals surface area contributed by atoms with E-state index in [2.05, 4.69) is 206 Å². The molecule has 29 heteroatoms. The van der Waals surface area contributed by atoms with Crippen LogP contribution < -0.4 is 10.6 Å². The predicted molar refractivity (Wildman–Crippen MR) is 372 cm³/mol. The summed E-state index contributed by atoms with van der Waals surface area (Å²) in [5.41, 5.74) is 2.41. The Morgan fingerprint density at radius 2 is 1.40 bits per heavy atom. The van der Waals surface area contributed by atoms with Crippen LogP contribution in [0.1, 0.15) is 126 Å². The third kappa shape index (κ3) is 41.8. The molecule has 1 heterocycles. The van der Waals surface area contributed by atoms with Crippen molar-refractivity contribution in [2.75, 3.05) is 6.61 Å². The third-order valence-electron chi connectivity index (χ3n) is 9.10. The number of esters is 1. The number of carbonyl (C=O) groups is 3. The van der Waals surface area contributed by atoms with E-state index >= 15 is 0 Å². The van der Waals surface area contributed by atoms with Gasteiger partial charge in [0.25, 0.3) is 0 Å². The van der Waals surface area contributed by atoms with Crippen LogP contribution in [0.15, 0.2) is 45.6 Å². The van der Waals surface area contributed by atoms with Crippen molar-refractivity contribution in [3.63, 3.8) is 0 Å². The monoisotopic (exact) mass is 1400 g/mol. The number of halogens is 1. The largest absolute Gasteiger partial charge is 0.458 e. The highest BCUT2D eigenvalue weighted by atomic mass is 127. The Morgan fingerprint density at radius 3 is 1.83 bits per heavy atom. The lowest BCUT2D eigenvalue weighted by Gasteiger charge is -2.29. The van der Waals surface area contributed by atoms with Crippen LogP contribution in [0.3, 0.4) is 0 Å². The quantitative estimate of drug-likeness (QED) is 0.0349. The summed E-state index contributed by atoms with van der Waals surface area (Å²) < 4.78 is 7.39. The molecule has 0 saturated heterocycles. The standard InChI is InChI=1S/C19H31NO3.C17H30INO2.H13P11.H12P10/c1-5-9-14(2)19-15(3)12-13-17(23-16(4)21)10-7-6-8-11-18(22)20-19;1-4-9-14(2)17(15(3)11-12-18)19-16(21)10-7-5-6-8-13-20;1-7-10(6)11(8(2)3)9(4)5;1-7(2)10(8(3)4)9(5)6/h9,12-13,15,17,19H,5-8,10-11H2,1-4H3,(H,20,22);9,11-12,15,17,20H,4-8,10,13H2,1-3H3,(H,19,21);7H,1-6H2;1-6H2/b13-12+,14-9+;12-11+,14-9+;;/t15-,17?,19+;15-,17+;;/m00../s1. The zero-order valence-electron chi connectivity index (χ0n) is 39.5. The van der Waals surface area contributed by atoms with Gasteiger partial charge < -0.3 is 20.5 Å². The topological polar surface area (TPSA) is 105 Å². The van der Waals surface area contributed by atoms with E-state index in [1.807, 2.05) is 10.2 Å². The Hall–Kier alpha value is 7.09. The first kappa shape index (κ1) is 76.3. The van der Waals surface area contributed by atoms with E-state index in [1.54, 1.807) is 0 Å². The number of hydrogen-bond acceptors (Lipinski definition) is 5. The highest BCUT2D eigenvalue weighted by Gasteiger charge is 2.24. The molecule has 19 atom stereocenters. The van der Waals surface area contributed by atoms with Crippen LogP contribution in [0, 0.1) is 11.8 Å². The van der Waals surface area contributed by atoms with Crippen molar-refractivity contribution >= 4 is 211 Å². The van der Waals surface area contributed by atoms with Crippen LogP contribution in [0.2, 0.25) is 0 Å². The normalized spacial score (nSPS) is 19.8. The number of nitrogens with one attached hydrogen (secondary N) is 2. The lowest BCUT2D eigenvalue weighted by Crippen LogP contribution is -2.40. The number of aliphatic hydroxyl groups is 1. The number of aliphatic hydroxyl groups excluding tert-OH is 1. The Bertz CT molecular complexity index is 1360. The zero-order valence-corrected chi connectivity index (χ0v) is 63.7. The number of hydrogen-bond donors (Lipinski definition) is 3. The molecular weight excluding hydrogens is 1320 g/mol. The van der Waals surface area contributed by atoms with Gasteiger partial charge in [0.15, 0.2) is 0 Å². The molecule has 0 bridgehead atoms. The fraction of sp³-hybridized carbons (Fsp3) is 0.694. The summed E-state index contributed by atoms with van der Waals surface area (Å²) in [6, 6.07) is 0.0806. The molecular formula is C36H86IN2O5P21. The molecule has 0 radical (unpaired) electrons. The first-order chi connectivity index (χ1) is 30.5. The lowest BCUT2D eigenvalue weighted by atomic mass is 9.92. The molecule has 0 spiro atoms. The molecule has 0 aromatic carbocycles. The van der Waals surface area contributed by atoms with E-state index in [1.165, 1.54) is 18.1 Å². The van der Waals surface area contributed by atoms with E-state index in [0.29, 0.717) is 18.8 Å². The maximum absolute atomic E-state index is 12.1. The molecule has 0 fully saturated rings. The zero-order chi connectivity index (χ0) is 50.7. The van der Waals surface area contributed by atoms with Crippen molar-refractivity contribution in [3.05, 3.63) is 45.6 Å². The smallest absolute Gasteiger partial charge is 0.303 e. The van der Waals surface area contributed by atoms with Crippen molar-refractivity contribution < 1.29 is 24.2 Å². The van der Waals surface area contributed by atoms with Gasteiger partial charge in [0.05, 0.1) is 12.1 Å². The molecule has 15 unspecified atom stereocenters. The van der Waals surface area contributed by atoms with Gasteiger partial charge >= 0.3 is 5.97 Å². The molecule has 0 aliphatic carbocycles. The van der Waals surface area contributed by atoms with Gasteiger partial charge in [-0.15, -0.1) is 107 Å². The average molecular weight is 1400 g/mol. The molecule has 7 nitrogen and oxygen atoms in total. The van der Waals surface area contributed by atoms with Gasteiger partial charge in [0, 0.05) is 26.4 Å². The second-order valence-electron chi connectivity index (χ2n) is 14.8. The minimum Gasteiger partial charge on any atom is -0.458 e. The van der Waals surface area contributed by atoms with Crippen LogP contribution in [0.25, 0.3) is 0 Å². The van der Waals surface area contributed by atoms with Gasteiger partial charge in [0.2, 0.25) is 11.8 Å². The van der Waals surface area contributed by atoms with Crippen molar-refractivity contribution in [1.82, 2.24) is 10.6 Å². The summed E-state index contributed by atoms with van der Waals surface area (Å²) in [5.74, 6) is 0.450. The molecule has 0 saturated carbocycles. The molecule has 0 aromatic rings. The first-order valence-corrected chi connectivity index (χ1v) is 58.9. The summed E-state index contributed by atoms with van der Waals surface area (Å²) in [6.07, 6.45) is 20.8. The number of carbonyl (C=O) groups excluding carboxylic acids is 3. The van der Waals surface area contributed by atoms with Crippen LogP contribution in [0.5, 0.6) is 0 Å². The number of allylic oxidation sites excluding steroid dienone is 2. The van der Waals surface area contributed by atoms with E-state index in [9.17, 15) is 14.4 Å². The van der Waals surface area contributed by atoms with Gasteiger partial charge in [-0.2, -0.15) is 0 Å². The molecule has 0 aromatic heterocycles. The molecule has 1 rings (SSSR count). The Kier molecular flexibility index (Phi) is 58.0. The van der Waals surface area contributed by atoms with Gasteiger partial charge in [-0.1, -0.05) is 113 Å². The lowest BCUT2D eigenvalue weighted by molar-refractivity contribution is -0.144. The van der Waals surface area contributed by atoms with Crippen LogP contribution in [0.4, 0.5) is 0 Å². The van der Waals surface area contributed by atoms with Gasteiger partial charge in [-0.05, 0) is 137 Å². The maximum atomic E-state index is 12.1. The number of ether oxygens (including phenoxy) is 1. The van der Waals surface area contributed by atoms with Crippen molar-refractivity contribution in [2.45, 2.75) is 144 Å². The predicted octanol–water partition coefficient (Wildman–Crippen LogP) is 19.7. The summed E-state index contributed by atoms with van der Waals surface area (Å²) in [4.78, 5) is 35.5. The fourth-order valence-electron chi connectivity index (χ4n) is 6.06. The van der Waals surface area contributed by atoms with E-state index < -0.39 is 0 Å². The van der Waals surface area contributed by atoms with Crippen LogP contribution >= 0.6 is 194 Å². The average Bonchev–Trinajstić information content (AvgIpc) is 3.20. The highest BCUT2D eigenvalue weighted by Crippen LogP contribution is 3.13. The van der Waals surface area contributed by atoms with E-state index in [-0.39, 0.29) is 104 Å². The second-order valence-corrected chi connectivity index (χ2v) is 91.2.